The molecule has 0 heterocycles. The van der Waals surface area contributed by atoms with Crippen molar-refractivity contribution in [1.29, 1.82) is 0 Å². The van der Waals surface area contributed by atoms with E-state index in [2.05, 4.69) is 0 Å². The lowest BCUT2D eigenvalue weighted by atomic mass is 9.99. The maximum Gasteiger partial charge on any atom is 0.222 e. The zero-order valence-electron chi connectivity index (χ0n) is 15.4. The normalized spacial score (nSPS) is 10.5. The molecule has 0 spiro atoms. The number of hydrogen-bond donors (Lipinski definition) is 0. The lowest BCUT2D eigenvalue weighted by Crippen LogP contribution is -2.08. The van der Waals surface area contributed by atoms with Gasteiger partial charge in [0.15, 0.2) is 5.78 Å². The van der Waals surface area contributed by atoms with Crippen LogP contribution < -0.4 is 9.47 Å². The van der Waals surface area contributed by atoms with Crippen LogP contribution in [0.15, 0.2) is 24.3 Å². The van der Waals surface area contributed by atoms with Crippen LogP contribution in [0.4, 0.5) is 0 Å². The molecule has 2 rings (SSSR count). The van der Waals surface area contributed by atoms with Gasteiger partial charge in [-0.2, -0.15) is 0 Å². The molecule has 0 aromatic heterocycles. The average Bonchev–Trinajstić information content (AvgIpc) is 2.70. The fourth-order valence-electron chi connectivity index (χ4n) is 2.55. The highest BCUT2D eigenvalue weighted by Gasteiger charge is 2.23. The molecule has 0 atom stereocenters. The van der Waals surface area contributed by atoms with Gasteiger partial charge in [0.1, 0.15) is 11.5 Å². The molecule has 5 nitrogen and oxygen atoms in total. The summed E-state index contributed by atoms with van der Waals surface area (Å²) in [6, 6.07) is 5.65. The number of hydrogen-bond acceptors (Lipinski definition) is 7. The first-order chi connectivity index (χ1) is 13.3. The standard InChI is InChI=1S/C19H16Cl2O5S2/c1-25-16-11(18(23)27-3)5-9(7-13(16)20)15(22)10-6-12(19(24)28-4)17(26-2)14(21)8-10/h5-8H,1-4H3. The number of ether oxygens (including phenoxy) is 2. The summed E-state index contributed by atoms with van der Waals surface area (Å²) < 4.78 is 10.4. The van der Waals surface area contributed by atoms with Crippen molar-refractivity contribution in [1.82, 2.24) is 0 Å². The molecule has 28 heavy (non-hydrogen) atoms. The number of rotatable bonds is 6. The summed E-state index contributed by atoms with van der Waals surface area (Å²) in [6.07, 6.45) is 3.24. The van der Waals surface area contributed by atoms with E-state index >= 15 is 0 Å². The zero-order chi connectivity index (χ0) is 21.0. The Morgan fingerprint density at radius 1 is 0.750 bits per heavy atom. The number of halogens is 2. The van der Waals surface area contributed by atoms with Gasteiger partial charge in [0, 0.05) is 11.1 Å². The van der Waals surface area contributed by atoms with Gasteiger partial charge in [-0.25, -0.2) is 0 Å². The summed E-state index contributed by atoms with van der Waals surface area (Å²) in [4.78, 5) is 37.5. The highest BCUT2D eigenvalue weighted by Crippen LogP contribution is 2.35. The molecule has 0 aliphatic carbocycles. The Kier molecular flexibility index (Phi) is 7.83. The van der Waals surface area contributed by atoms with Crippen molar-refractivity contribution < 1.29 is 23.9 Å². The molecule has 0 saturated heterocycles. The quantitative estimate of drug-likeness (QED) is 0.547. The number of carbonyl (C=O) groups excluding carboxylic acids is 3. The van der Waals surface area contributed by atoms with Gasteiger partial charge in [-0.3, -0.25) is 14.4 Å². The summed E-state index contributed by atoms with van der Waals surface area (Å²) in [5, 5.41) is -0.324. The average molecular weight is 459 g/mol. The van der Waals surface area contributed by atoms with Crippen LogP contribution >= 0.6 is 46.7 Å². The summed E-state index contributed by atoms with van der Waals surface area (Å²) >= 11 is 14.4. The predicted molar refractivity (Wildman–Crippen MR) is 115 cm³/mol. The van der Waals surface area contributed by atoms with Crippen molar-refractivity contribution in [3.05, 3.63) is 56.6 Å². The van der Waals surface area contributed by atoms with E-state index < -0.39 is 5.78 Å². The van der Waals surface area contributed by atoms with Crippen LogP contribution in [0.2, 0.25) is 10.0 Å². The monoisotopic (exact) mass is 458 g/mol. The molecule has 0 bridgehead atoms. The summed E-state index contributed by atoms with van der Waals surface area (Å²) in [6.45, 7) is 0. The van der Waals surface area contributed by atoms with Gasteiger partial charge in [-0.05, 0) is 36.8 Å². The minimum absolute atomic E-state index is 0.130. The van der Waals surface area contributed by atoms with Crippen molar-refractivity contribution >= 4 is 62.7 Å². The van der Waals surface area contributed by atoms with Crippen LogP contribution in [-0.4, -0.2) is 42.7 Å². The van der Waals surface area contributed by atoms with Gasteiger partial charge < -0.3 is 9.47 Å². The van der Waals surface area contributed by atoms with Crippen LogP contribution in [0.25, 0.3) is 0 Å². The highest BCUT2D eigenvalue weighted by molar-refractivity contribution is 8.13. The first-order valence-corrected chi connectivity index (χ1v) is 11.0. The Balaban J connectivity index is 2.63. The minimum atomic E-state index is -0.445. The third-order valence-corrected chi connectivity index (χ3v) is 5.57. The minimum Gasteiger partial charge on any atom is -0.494 e. The second kappa shape index (κ2) is 9.69. The van der Waals surface area contributed by atoms with Crippen LogP contribution in [0.5, 0.6) is 11.5 Å². The van der Waals surface area contributed by atoms with Gasteiger partial charge in [0.25, 0.3) is 0 Å². The smallest absolute Gasteiger partial charge is 0.222 e. The van der Waals surface area contributed by atoms with E-state index in [1.807, 2.05) is 0 Å². The molecular formula is C19H16Cl2O5S2. The van der Waals surface area contributed by atoms with E-state index in [0.29, 0.717) is 0 Å². The van der Waals surface area contributed by atoms with Gasteiger partial charge >= 0.3 is 0 Å². The zero-order valence-corrected chi connectivity index (χ0v) is 18.6. The second-order valence-electron chi connectivity index (χ2n) is 5.39. The molecule has 0 aliphatic heterocycles. The Labute approximate surface area is 181 Å². The molecule has 2 aromatic rings. The Hall–Kier alpha value is -1.67. The molecule has 0 N–H and O–H groups in total. The van der Waals surface area contributed by atoms with Crippen LogP contribution in [0.3, 0.4) is 0 Å². The summed E-state index contributed by atoms with van der Waals surface area (Å²) in [7, 11) is 2.78. The first-order valence-electron chi connectivity index (χ1n) is 7.75. The van der Waals surface area contributed by atoms with Gasteiger partial charge in [-0.15, -0.1) is 0 Å². The van der Waals surface area contributed by atoms with E-state index in [1.54, 1.807) is 12.5 Å². The number of thioether (sulfide) groups is 2. The lowest BCUT2D eigenvalue weighted by Gasteiger charge is -2.13. The van der Waals surface area contributed by atoms with E-state index in [4.69, 9.17) is 32.7 Å². The van der Waals surface area contributed by atoms with Gasteiger partial charge in [0.05, 0.1) is 35.4 Å². The van der Waals surface area contributed by atoms with Crippen LogP contribution in [0, 0.1) is 0 Å². The van der Waals surface area contributed by atoms with Gasteiger partial charge in [0.2, 0.25) is 10.2 Å². The van der Waals surface area contributed by atoms with Crippen LogP contribution in [0.1, 0.15) is 36.6 Å². The van der Waals surface area contributed by atoms with Crippen molar-refractivity contribution in [2.75, 3.05) is 26.7 Å². The topological polar surface area (TPSA) is 69.7 Å². The number of benzene rings is 2. The fraction of sp³-hybridized carbons (Fsp3) is 0.211. The van der Waals surface area contributed by atoms with Crippen molar-refractivity contribution in [3.63, 3.8) is 0 Å². The number of ketones is 1. The van der Waals surface area contributed by atoms with Crippen molar-refractivity contribution in [2.45, 2.75) is 0 Å². The molecule has 2 aromatic carbocycles. The van der Waals surface area contributed by atoms with Crippen molar-refractivity contribution in [3.8, 4) is 11.5 Å². The van der Waals surface area contributed by atoms with E-state index in [0.717, 1.165) is 23.5 Å². The molecule has 0 amide bonds. The summed E-state index contributed by atoms with van der Waals surface area (Å²) in [5.41, 5.74) is 0.718. The predicted octanol–water partition coefficient (Wildman–Crippen LogP) is 5.25. The largest absolute Gasteiger partial charge is 0.494 e. The first kappa shape index (κ1) is 22.6. The molecule has 0 saturated carbocycles. The molecule has 0 fully saturated rings. The molecule has 148 valence electrons. The Bertz CT molecular complexity index is 884. The SMILES string of the molecule is COc1c(Cl)cc(C(=O)c2cc(Cl)c(OC)c(C(=O)SC)c2)cc1C(=O)SC. The maximum absolute atomic E-state index is 13.0. The Morgan fingerprint density at radius 2 is 1.11 bits per heavy atom. The third-order valence-electron chi connectivity index (χ3n) is 3.83. The summed E-state index contributed by atoms with van der Waals surface area (Å²) in [5.74, 6) is -0.0495. The van der Waals surface area contributed by atoms with Crippen LogP contribution in [-0.2, 0) is 0 Å². The number of carbonyl (C=O) groups is 3. The third kappa shape index (κ3) is 4.49. The molecule has 0 unspecified atom stereocenters. The van der Waals surface area contributed by atoms with Crippen molar-refractivity contribution in [2.24, 2.45) is 0 Å². The fourth-order valence-corrected chi connectivity index (χ4v) is 3.89. The molecule has 0 radical (unpaired) electrons. The molecule has 0 aliphatic rings. The second-order valence-corrected chi connectivity index (χ2v) is 7.76. The van der Waals surface area contributed by atoms with E-state index in [9.17, 15) is 14.4 Å². The lowest BCUT2D eigenvalue weighted by molar-refractivity contribution is 0.103. The molecular weight excluding hydrogens is 443 g/mol. The maximum atomic E-state index is 13.0. The van der Waals surface area contributed by atoms with Gasteiger partial charge in [-0.1, -0.05) is 46.7 Å². The number of methoxy groups -OCH3 is 2. The molecule has 9 heteroatoms. The highest BCUT2D eigenvalue weighted by atomic mass is 35.5. The Morgan fingerprint density at radius 3 is 1.39 bits per heavy atom. The van der Waals surface area contributed by atoms with E-state index in [1.165, 1.54) is 38.5 Å². The van der Waals surface area contributed by atoms with E-state index in [-0.39, 0.29) is 54.0 Å².